The number of aromatic nitrogens is 1. The Hall–Kier alpha value is -3.82. The fourth-order valence-corrected chi connectivity index (χ4v) is 2.19. The van der Waals surface area contributed by atoms with Gasteiger partial charge in [0.05, 0.1) is 24.3 Å². The molecule has 0 saturated heterocycles. The maximum Gasteiger partial charge on any atom is 0.335 e. The van der Waals surface area contributed by atoms with E-state index in [0.29, 0.717) is 18.5 Å². The minimum Gasteiger partial charge on any atom is -0.478 e. The standard InChI is InChI=1S/C18H12N4O2/c1-21-17(16(10-19)11-20)15-7-9-22(12-15)8-6-13-2-4-14(5-3-13)18(23)24/h2-5,7,9,12H,6,8H2,(H,23,24). The van der Waals surface area contributed by atoms with E-state index in [1.165, 1.54) is 0 Å². The summed E-state index contributed by atoms with van der Waals surface area (Å²) >= 11 is 0. The van der Waals surface area contributed by atoms with Crippen LogP contribution in [0.5, 0.6) is 0 Å². The van der Waals surface area contributed by atoms with E-state index in [9.17, 15) is 4.79 Å². The summed E-state index contributed by atoms with van der Waals surface area (Å²) in [5, 5.41) is 26.6. The van der Waals surface area contributed by atoms with Crippen molar-refractivity contribution in [3.8, 4) is 12.1 Å². The van der Waals surface area contributed by atoms with E-state index in [1.54, 1.807) is 54.9 Å². The number of carboxylic acids is 1. The summed E-state index contributed by atoms with van der Waals surface area (Å²) in [7, 11) is 0. The first kappa shape index (κ1) is 16.5. The number of nitrogens with zero attached hydrogens (tertiary/aromatic N) is 4. The van der Waals surface area contributed by atoms with E-state index in [1.807, 2.05) is 4.57 Å². The number of benzene rings is 1. The maximum atomic E-state index is 10.8. The fourth-order valence-electron chi connectivity index (χ4n) is 2.19. The number of hydrogen-bond donors (Lipinski definition) is 1. The third-order valence-corrected chi connectivity index (χ3v) is 3.46. The number of aromatic carboxylic acids is 1. The molecule has 0 atom stereocenters. The Kier molecular flexibility index (Phi) is 5.13. The fraction of sp³-hybridized carbons (Fsp3) is 0.111. The zero-order chi connectivity index (χ0) is 17.5. The number of hydrogen-bond acceptors (Lipinski definition) is 3. The van der Waals surface area contributed by atoms with Crippen molar-refractivity contribution in [2.45, 2.75) is 13.0 Å². The number of allylic oxidation sites excluding steroid dienone is 1. The van der Waals surface area contributed by atoms with Crippen molar-refractivity contribution in [1.29, 1.82) is 10.5 Å². The summed E-state index contributed by atoms with van der Waals surface area (Å²) < 4.78 is 1.86. The molecule has 0 unspecified atom stereocenters. The van der Waals surface area contributed by atoms with Crippen LogP contribution in [0.25, 0.3) is 10.5 Å². The van der Waals surface area contributed by atoms with E-state index < -0.39 is 5.97 Å². The van der Waals surface area contributed by atoms with Gasteiger partial charge in [0.1, 0.15) is 5.57 Å². The second-order valence-electron chi connectivity index (χ2n) is 4.95. The van der Waals surface area contributed by atoms with Crippen LogP contribution in [0, 0.1) is 29.2 Å². The van der Waals surface area contributed by atoms with E-state index in [0.717, 1.165) is 5.56 Å². The average Bonchev–Trinajstić information content (AvgIpc) is 3.06. The molecule has 0 spiro atoms. The van der Waals surface area contributed by atoms with Crippen LogP contribution in [-0.2, 0) is 13.0 Å². The monoisotopic (exact) mass is 316 g/mol. The summed E-state index contributed by atoms with van der Waals surface area (Å²) in [5.74, 6) is -0.958. The molecule has 0 aliphatic rings. The molecule has 0 bridgehead atoms. The Morgan fingerprint density at radius 1 is 1.17 bits per heavy atom. The summed E-state index contributed by atoms with van der Waals surface area (Å²) in [4.78, 5) is 14.1. The van der Waals surface area contributed by atoms with E-state index in [2.05, 4.69) is 4.85 Å². The molecule has 0 saturated carbocycles. The molecule has 0 aliphatic carbocycles. The molecule has 1 aromatic heterocycles. The quantitative estimate of drug-likeness (QED) is 0.677. The highest BCUT2D eigenvalue weighted by Gasteiger charge is 2.11. The van der Waals surface area contributed by atoms with Gasteiger partial charge < -0.3 is 9.67 Å². The Morgan fingerprint density at radius 3 is 2.38 bits per heavy atom. The third-order valence-electron chi connectivity index (χ3n) is 3.46. The van der Waals surface area contributed by atoms with Crippen LogP contribution >= 0.6 is 0 Å². The van der Waals surface area contributed by atoms with Gasteiger partial charge in [-0.2, -0.15) is 10.5 Å². The second-order valence-corrected chi connectivity index (χ2v) is 4.95. The number of rotatable bonds is 5. The van der Waals surface area contributed by atoms with Crippen molar-refractivity contribution in [2.75, 3.05) is 0 Å². The zero-order valence-electron chi connectivity index (χ0n) is 12.6. The van der Waals surface area contributed by atoms with Crippen molar-refractivity contribution in [3.63, 3.8) is 0 Å². The highest BCUT2D eigenvalue weighted by Crippen LogP contribution is 2.20. The SMILES string of the molecule is [C-]#[N+]C(=C(C#N)C#N)c1ccn(CCc2ccc(C(=O)O)cc2)c1. The molecule has 1 heterocycles. The molecule has 0 amide bonds. The maximum absolute atomic E-state index is 10.8. The van der Waals surface area contributed by atoms with Crippen LogP contribution in [-0.4, -0.2) is 15.6 Å². The molecule has 0 aliphatic heterocycles. The van der Waals surface area contributed by atoms with Gasteiger partial charge >= 0.3 is 5.97 Å². The lowest BCUT2D eigenvalue weighted by Crippen LogP contribution is -2.00. The predicted octanol–water partition coefficient (Wildman–Crippen LogP) is 3.11. The number of nitriles is 2. The minimum atomic E-state index is -0.958. The van der Waals surface area contributed by atoms with E-state index in [-0.39, 0.29) is 16.8 Å². The van der Waals surface area contributed by atoms with Gasteiger partial charge in [-0.1, -0.05) is 12.1 Å². The summed E-state index contributed by atoms with van der Waals surface area (Å²) in [6.45, 7) is 7.77. The van der Waals surface area contributed by atoms with Gasteiger partial charge in [0, 0.05) is 24.5 Å². The highest BCUT2D eigenvalue weighted by molar-refractivity contribution is 5.87. The molecular formula is C18H12N4O2. The average molecular weight is 316 g/mol. The molecule has 0 fully saturated rings. The second kappa shape index (κ2) is 7.45. The van der Waals surface area contributed by atoms with Gasteiger partial charge in [-0.25, -0.2) is 9.64 Å². The first-order chi connectivity index (χ1) is 11.6. The van der Waals surface area contributed by atoms with Gasteiger partial charge in [-0.3, -0.25) is 0 Å². The van der Waals surface area contributed by atoms with Gasteiger partial charge in [-0.15, -0.1) is 0 Å². The van der Waals surface area contributed by atoms with Crippen LogP contribution in [0.15, 0.2) is 48.3 Å². The van der Waals surface area contributed by atoms with Crippen LogP contribution in [0.4, 0.5) is 0 Å². The van der Waals surface area contributed by atoms with Gasteiger partial charge in [0.2, 0.25) is 5.70 Å². The van der Waals surface area contributed by atoms with Crippen LogP contribution < -0.4 is 0 Å². The van der Waals surface area contributed by atoms with E-state index >= 15 is 0 Å². The molecule has 2 rings (SSSR count). The number of aryl methyl sites for hydroxylation is 2. The predicted molar refractivity (Wildman–Crippen MR) is 86.3 cm³/mol. The molecule has 1 N–H and O–H groups in total. The minimum absolute atomic E-state index is 0.0459. The van der Waals surface area contributed by atoms with Crippen molar-refractivity contribution in [1.82, 2.24) is 4.57 Å². The molecule has 1 aromatic carbocycles. The van der Waals surface area contributed by atoms with Crippen LogP contribution in [0.3, 0.4) is 0 Å². The molecule has 6 heteroatoms. The lowest BCUT2D eigenvalue weighted by atomic mass is 10.1. The molecule has 0 radical (unpaired) electrons. The van der Waals surface area contributed by atoms with Gasteiger partial charge in [0.25, 0.3) is 0 Å². The largest absolute Gasteiger partial charge is 0.478 e. The Balaban J connectivity index is 2.11. The first-order valence-electron chi connectivity index (χ1n) is 6.99. The first-order valence-corrected chi connectivity index (χ1v) is 6.99. The lowest BCUT2D eigenvalue weighted by Gasteiger charge is -2.04. The Morgan fingerprint density at radius 2 is 1.83 bits per heavy atom. The third kappa shape index (κ3) is 3.68. The summed E-state index contributed by atoms with van der Waals surface area (Å²) in [6.07, 6.45) is 4.18. The Bertz CT molecular complexity index is 900. The Labute approximate surface area is 138 Å². The number of carbonyl (C=O) groups is 1. The van der Waals surface area contributed by atoms with Crippen molar-refractivity contribution in [3.05, 3.63) is 76.4 Å². The summed E-state index contributed by atoms with van der Waals surface area (Å²) in [5.41, 5.74) is 1.61. The molecular weight excluding hydrogens is 304 g/mol. The molecule has 24 heavy (non-hydrogen) atoms. The van der Waals surface area contributed by atoms with Crippen molar-refractivity contribution < 1.29 is 9.90 Å². The molecule has 6 nitrogen and oxygen atoms in total. The van der Waals surface area contributed by atoms with Crippen molar-refractivity contribution in [2.24, 2.45) is 0 Å². The molecule has 116 valence electrons. The van der Waals surface area contributed by atoms with Crippen molar-refractivity contribution >= 4 is 11.7 Å². The normalized spacial score (nSPS) is 9.38. The smallest absolute Gasteiger partial charge is 0.335 e. The zero-order valence-corrected chi connectivity index (χ0v) is 12.6. The van der Waals surface area contributed by atoms with Crippen LogP contribution in [0.1, 0.15) is 21.5 Å². The lowest BCUT2D eigenvalue weighted by molar-refractivity contribution is 0.0697. The summed E-state index contributed by atoms with van der Waals surface area (Å²) in [6, 6.07) is 11.8. The highest BCUT2D eigenvalue weighted by atomic mass is 16.4. The molecule has 2 aromatic rings. The van der Waals surface area contributed by atoms with Gasteiger partial charge in [0.15, 0.2) is 0 Å². The number of carboxylic acid groups (broad SMARTS) is 1. The van der Waals surface area contributed by atoms with Gasteiger partial charge in [-0.05, 0) is 30.2 Å². The topological polar surface area (TPSA) is 94.2 Å². The van der Waals surface area contributed by atoms with E-state index in [4.69, 9.17) is 22.2 Å². The van der Waals surface area contributed by atoms with Crippen LogP contribution in [0.2, 0.25) is 0 Å².